The summed E-state index contributed by atoms with van der Waals surface area (Å²) in [6.45, 7) is 10.2. The Hall–Kier alpha value is -3.89. The average molecular weight is 977 g/mol. The number of pyridine rings is 1. The molecule has 0 atom stereocenters. The number of phenolic OH excluding ortho intramolecular Hbond substituents is 2. The summed E-state index contributed by atoms with van der Waals surface area (Å²) in [5.41, 5.74) is 11.7. The molecule has 8 saturated carbocycles. The Labute approximate surface area is 422 Å². The largest absolute Gasteiger partial charge is 2.00 e. The fourth-order valence-corrected chi connectivity index (χ4v) is 15.4. The van der Waals surface area contributed by atoms with E-state index in [2.05, 4.69) is 94.4 Å². The van der Waals surface area contributed by atoms with Crippen LogP contribution < -0.4 is 9.47 Å². The van der Waals surface area contributed by atoms with Gasteiger partial charge in [0.1, 0.15) is 23.0 Å². The Bertz CT molecular complexity index is 2330. The van der Waals surface area contributed by atoms with Gasteiger partial charge in [-0.2, -0.15) is 0 Å². The third-order valence-corrected chi connectivity index (χ3v) is 17.3. The standard InChI is InChI=1S/C59H69NO4.2CH3.Zr/c1-5-7-18-63-46-14-9-12-44(28-46)54-52(36(3)20-48(56(54)61)58-30-38-22-39(31-58)24-40(23-38)32-58)50-16-11-17-51(60-50)53-37(4)21-49(59-33-41-25-42(34-59)27-43(26-41)35-59)57(62)55(53)45-13-10-15-47(29-45)64-19-8-6-2;;;/h9-17,20-21,28-29,38-43,61-62H,5-8,18-19,22-27,30-35H2,1-4H3;2*1H3;/q;2*-1;+2. The van der Waals surface area contributed by atoms with Crippen LogP contribution >= 0.6 is 0 Å². The first-order valence-corrected chi connectivity index (χ1v) is 25.3. The van der Waals surface area contributed by atoms with Crippen LogP contribution in [0.1, 0.15) is 139 Å². The van der Waals surface area contributed by atoms with Crippen LogP contribution in [0.5, 0.6) is 23.0 Å². The third-order valence-electron chi connectivity index (χ3n) is 17.3. The molecule has 8 fully saturated rings. The van der Waals surface area contributed by atoms with Gasteiger partial charge in [0.15, 0.2) is 0 Å². The van der Waals surface area contributed by atoms with Crippen molar-refractivity contribution in [1.82, 2.24) is 4.98 Å². The number of ether oxygens (including phenoxy) is 2. The van der Waals surface area contributed by atoms with Crippen molar-refractivity contribution in [2.24, 2.45) is 35.5 Å². The molecule has 0 saturated heterocycles. The first-order valence-electron chi connectivity index (χ1n) is 25.3. The zero-order valence-electron chi connectivity index (χ0n) is 41.4. The van der Waals surface area contributed by atoms with Crippen LogP contribution in [-0.2, 0) is 37.0 Å². The summed E-state index contributed by atoms with van der Waals surface area (Å²) in [5.74, 6) is 7.03. The molecule has 0 amide bonds. The number of aryl methyl sites for hydroxylation is 2. The SMILES string of the molecule is CCCCOc1cccc(-c2c(O)c(C34CC5CC(CC(C5)C3)C4)cc(C)c2-c2cccc(-c3c(C)cc(C45CC6CC(CC(C6)C4)C5)c(O)c3-c3cccc(OCCCC)c3)n2)c1.[CH3-].[CH3-].[Zr+2]. The fourth-order valence-electron chi connectivity index (χ4n) is 15.4. The first-order chi connectivity index (χ1) is 31.1. The van der Waals surface area contributed by atoms with Gasteiger partial charge in [0.2, 0.25) is 0 Å². The number of nitrogens with zero attached hydrogens (tertiary/aromatic N) is 1. The van der Waals surface area contributed by atoms with Crippen molar-refractivity contribution in [3.05, 3.63) is 116 Å². The van der Waals surface area contributed by atoms with Gasteiger partial charge < -0.3 is 34.5 Å². The summed E-state index contributed by atoms with van der Waals surface area (Å²) in [6, 6.07) is 27.8. The van der Waals surface area contributed by atoms with E-state index in [0.29, 0.717) is 24.7 Å². The van der Waals surface area contributed by atoms with Crippen molar-refractivity contribution >= 4 is 0 Å². The van der Waals surface area contributed by atoms with Gasteiger partial charge in [0, 0.05) is 33.4 Å². The molecule has 0 spiro atoms. The summed E-state index contributed by atoms with van der Waals surface area (Å²) in [7, 11) is 0. The van der Waals surface area contributed by atoms with Crippen LogP contribution in [0.15, 0.2) is 78.9 Å². The zero-order valence-corrected chi connectivity index (χ0v) is 43.8. The molecular weight excluding hydrogens is 902 g/mol. The minimum atomic E-state index is 0. The normalized spacial score (nSPS) is 27.2. The second-order valence-corrected chi connectivity index (χ2v) is 21.9. The van der Waals surface area contributed by atoms with Gasteiger partial charge in [-0.3, -0.25) is 0 Å². The van der Waals surface area contributed by atoms with Crippen molar-refractivity contribution in [3.63, 3.8) is 0 Å². The van der Waals surface area contributed by atoms with E-state index in [9.17, 15) is 10.2 Å². The van der Waals surface area contributed by atoms with Crippen LogP contribution in [0.4, 0.5) is 0 Å². The number of aromatic nitrogens is 1. The van der Waals surface area contributed by atoms with Crippen LogP contribution in [0.25, 0.3) is 44.8 Å². The summed E-state index contributed by atoms with van der Waals surface area (Å²) in [4.78, 5) is 5.61. The van der Waals surface area contributed by atoms with Crippen molar-refractivity contribution in [1.29, 1.82) is 0 Å². The maximum Gasteiger partial charge on any atom is 2.00 e. The zero-order chi connectivity index (χ0) is 43.7. The minimum Gasteiger partial charge on any atom is -0.507 e. The van der Waals surface area contributed by atoms with Crippen molar-refractivity contribution in [2.45, 2.75) is 141 Å². The molecular formula is C61H75NO4Zr. The molecule has 8 aliphatic carbocycles. The molecule has 4 aromatic carbocycles. The Balaban J connectivity index is 0.00000203. The first kappa shape index (κ1) is 49.5. The number of benzene rings is 4. The minimum absolute atomic E-state index is 0. The third kappa shape index (κ3) is 8.98. The Morgan fingerprint density at radius 3 is 1.19 bits per heavy atom. The molecule has 0 radical (unpaired) electrons. The second-order valence-electron chi connectivity index (χ2n) is 21.9. The molecule has 2 N–H and O–H groups in total. The van der Waals surface area contributed by atoms with Crippen molar-refractivity contribution in [2.75, 3.05) is 13.2 Å². The van der Waals surface area contributed by atoms with Gasteiger partial charge in [-0.05, 0) is 209 Å². The summed E-state index contributed by atoms with van der Waals surface area (Å²) < 4.78 is 12.6. The van der Waals surface area contributed by atoms with E-state index in [0.717, 1.165) is 140 Å². The van der Waals surface area contributed by atoms with Gasteiger partial charge in [-0.1, -0.05) is 69.2 Å². The van der Waals surface area contributed by atoms with Crippen LogP contribution in [0.2, 0.25) is 0 Å². The number of phenols is 2. The van der Waals surface area contributed by atoms with Gasteiger partial charge in [0.25, 0.3) is 0 Å². The van der Waals surface area contributed by atoms with Gasteiger partial charge in [-0.15, -0.1) is 0 Å². The smallest absolute Gasteiger partial charge is 0.507 e. The predicted octanol–water partition coefficient (Wildman–Crippen LogP) is 16.0. The van der Waals surface area contributed by atoms with E-state index in [4.69, 9.17) is 14.5 Å². The van der Waals surface area contributed by atoms with E-state index < -0.39 is 0 Å². The molecule has 13 rings (SSSR count). The van der Waals surface area contributed by atoms with Crippen molar-refractivity contribution < 1.29 is 45.9 Å². The molecule has 1 aromatic heterocycles. The number of hydrogen-bond donors (Lipinski definition) is 2. The van der Waals surface area contributed by atoms with E-state index >= 15 is 0 Å². The summed E-state index contributed by atoms with van der Waals surface area (Å²) >= 11 is 0. The Kier molecular flexibility index (Phi) is 14.7. The maximum atomic E-state index is 13.0. The molecule has 8 bridgehead atoms. The van der Waals surface area contributed by atoms with E-state index in [-0.39, 0.29) is 51.9 Å². The number of hydrogen-bond acceptors (Lipinski definition) is 5. The van der Waals surface area contributed by atoms with Crippen molar-refractivity contribution in [3.8, 4) is 67.8 Å². The predicted molar refractivity (Wildman–Crippen MR) is 272 cm³/mol. The number of aromatic hydroxyl groups is 2. The molecule has 6 heteroatoms. The summed E-state index contributed by atoms with van der Waals surface area (Å²) in [5, 5.41) is 25.9. The second kappa shape index (κ2) is 19.8. The average Bonchev–Trinajstić information content (AvgIpc) is 3.27. The molecule has 5 nitrogen and oxygen atoms in total. The molecule has 5 aromatic rings. The van der Waals surface area contributed by atoms with Gasteiger partial charge in [-0.25, -0.2) is 4.98 Å². The van der Waals surface area contributed by atoms with Gasteiger partial charge in [0.05, 0.1) is 24.6 Å². The Morgan fingerprint density at radius 1 is 0.507 bits per heavy atom. The summed E-state index contributed by atoms with van der Waals surface area (Å²) in [6.07, 6.45) is 19.3. The van der Waals surface area contributed by atoms with Crippen LogP contribution in [0.3, 0.4) is 0 Å². The Morgan fingerprint density at radius 2 is 0.851 bits per heavy atom. The van der Waals surface area contributed by atoms with Crippen LogP contribution in [-0.4, -0.2) is 28.4 Å². The number of unbranched alkanes of at least 4 members (excludes halogenated alkanes) is 2. The number of rotatable bonds is 14. The van der Waals surface area contributed by atoms with Crippen LogP contribution in [0, 0.1) is 64.2 Å². The van der Waals surface area contributed by atoms with E-state index in [1.165, 1.54) is 77.0 Å². The maximum absolute atomic E-state index is 13.0. The molecule has 0 aliphatic heterocycles. The van der Waals surface area contributed by atoms with E-state index in [1.807, 2.05) is 12.1 Å². The molecule has 8 aliphatic rings. The van der Waals surface area contributed by atoms with Gasteiger partial charge >= 0.3 is 26.2 Å². The van der Waals surface area contributed by atoms with E-state index in [1.54, 1.807) is 0 Å². The topological polar surface area (TPSA) is 71.8 Å². The molecule has 67 heavy (non-hydrogen) atoms. The fraction of sp³-hybridized carbons (Fsp3) is 0.492. The molecule has 352 valence electrons. The molecule has 0 unspecified atom stereocenters. The molecule has 1 heterocycles. The monoisotopic (exact) mass is 975 g/mol. The quantitative estimate of drug-likeness (QED) is 0.0857.